The van der Waals surface area contributed by atoms with Crippen LogP contribution >= 0.6 is 23.2 Å². The molecular weight excluding hydrogens is 267 g/mol. The standard InChI is InChI=1S/C15H12Cl2O/c1-10-5-2-3-7-12(10)14(18)9-11-6-4-8-13(16)15(11)17/h2-8H,9H2,1H3. The Kier molecular flexibility index (Phi) is 4.05. The maximum absolute atomic E-state index is 12.2. The van der Waals surface area contributed by atoms with E-state index in [1.807, 2.05) is 37.3 Å². The van der Waals surface area contributed by atoms with E-state index in [0.29, 0.717) is 10.0 Å². The molecule has 0 atom stereocenters. The van der Waals surface area contributed by atoms with Crippen molar-refractivity contribution in [2.75, 3.05) is 0 Å². The Morgan fingerprint density at radius 1 is 1.06 bits per heavy atom. The summed E-state index contributed by atoms with van der Waals surface area (Å²) >= 11 is 12.0. The Morgan fingerprint density at radius 3 is 2.50 bits per heavy atom. The van der Waals surface area contributed by atoms with Gasteiger partial charge in [-0.3, -0.25) is 4.79 Å². The number of carbonyl (C=O) groups excluding carboxylic acids is 1. The smallest absolute Gasteiger partial charge is 0.167 e. The Bertz CT molecular complexity index is 591. The van der Waals surface area contributed by atoms with Gasteiger partial charge in [0.2, 0.25) is 0 Å². The van der Waals surface area contributed by atoms with Crippen LogP contribution in [0.4, 0.5) is 0 Å². The number of Topliss-reactive ketones (excluding diaryl/α,β-unsaturated/α-hetero) is 1. The molecule has 2 aromatic carbocycles. The van der Waals surface area contributed by atoms with Gasteiger partial charge >= 0.3 is 0 Å². The minimum absolute atomic E-state index is 0.0530. The van der Waals surface area contributed by atoms with E-state index in [0.717, 1.165) is 16.7 Å². The fourth-order valence-corrected chi connectivity index (χ4v) is 2.23. The van der Waals surface area contributed by atoms with Crippen LogP contribution in [-0.4, -0.2) is 5.78 Å². The van der Waals surface area contributed by atoms with Gasteiger partial charge in [0, 0.05) is 12.0 Å². The Balaban J connectivity index is 2.27. The second-order valence-corrected chi connectivity index (χ2v) is 4.91. The monoisotopic (exact) mass is 278 g/mol. The molecule has 0 N–H and O–H groups in total. The summed E-state index contributed by atoms with van der Waals surface area (Å²) in [7, 11) is 0. The van der Waals surface area contributed by atoms with Crippen molar-refractivity contribution in [3.63, 3.8) is 0 Å². The molecule has 2 aromatic rings. The first-order chi connectivity index (χ1) is 8.59. The van der Waals surface area contributed by atoms with E-state index in [1.54, 1.807) is 12.1 Å². The van der Waals surface area contributed by atoms with Crippen LogP contribution < -0.4 is 0 Å². The summed E-state index contributed by atoms with van der Waals surface area (Å²) in [5.74, 6) is 0.0530. The van der Waals surface area contributed by atoms with Crippen molar-refractivity contribution in [3.05, 3.63) is 69.2 Å². The van der Waals surface area contributed by atoms with Crippen LogP contribution in [0.15, 0.2) is 42.5 Å². The predicted octanol–water partition coefficient (Wildman–Crippen LogP) is 4.73. The predicted molar refractivity (Wildman–Crippen MR) is 75.7 cm³/mol. The van der Waals surface area contributed by atoms with E-state index in [1.165, 1.54) is 0 Å². The quantitative estimate of drug-likeness (QED) is 0.742. The lowest BCUT2D eigenvalue weighted by atomic mass is 9.99. The number of rotatable bonds is 3. The summed E-state index contributed by atoms with van der Waals surface area (Å²) < 4.78 is 0. The average Bonchev–Trinajstić information content (AvgIpc) is 2.35. The van der Waals surface area contributed by atoms with Crippen molar-refractivity contribution < 1.29 is 4.79 Å². The Hall–Kier alpha value is -1.31. The van der Waals surface area contributed by atoms with Crippen LogP contribution in [0, 0.1) is 6.92 Å². The average molecular weight is 279 g/mol. The molecule has 18 heavy (non-hydrogen) atoms. The van der Waals surface area contributed by atoms with Gasteiger partial charge in [0.15, 0.2) is 5.78 Å². The first kappa shape index (κ1) is 13.1. The molecule has 0 spiro atoms. The molecule has 0 bridgehead atoms. The van der Waals surface area contributed by atoms with Crippen molar-refractivity contribution in [1.29, 1.82) is 0 Å². The van der Waals surface area contributed by atoms with Crippen molar-refractivity contribution in [1.82, 2.24) is 0 Å². The number of ketones is 1. The van der Waals surface area contributed by atoms with Gasteiger partial charge in [0.1, 0.15) is 0 Å². The molecule has 0 aliphatic rings. The van der Waals surface area contributed by atoms with E-state index in [2.05, 4.69) is 0 Å². The van der Waals surface area contributed by atoms with Gasteiger partial charge in [-0.25, -0.2) is 0 Å². The maximum atomic E-state index is 12.2. The third-order valence-electron chi connectivity index (χ3n) is 2.83. The van der Waals surface area contributed by atoms with Gasteiger partial charge < -0.3 is 0 Å². The number of benzene rings is 2. The summed E-state index contributed by atoms with van der Waals surface area (Å²) in [6.45, 7) is 1.92. The highest BCUT2D eigenvalue weighted by atomic mass is 35.5. The zero-order chi connectivity index (χ0) is 13.1. The number of aryl methyl sites for hydroxylation is 1. The molecule has 0 heterocycles. The molecule has 0 amide bonds. The minimum atomic E-state index is 0.0530. The zero-order valence-corrected chi connectivity index (χ0v) is 11.4. The first-order valence-electron chi connectivity index (χ1n) is 5.61. The van der Waals surface area contributed by atoms with E-state index in [4.69, 9.17) is 23.2 Å². The number of carbonyl (C=O) groups is 1. The summed E-state index contributed by atoms with van der Waals surface area (Å²) in [5.41, 5.74) is 2.46. The molecule has 0 aliphatic heterocycles. The second kappa shape index (κ2) is 5.55. The summed E-state index contributed by atoms with van der Waals surface area (Å²) in [6.07, 6.45) is 0.268. The fraction of sp³-hybridized carbons (Fsp3) is 0.133. The summed E-state index contributed by atoms with van der Waals surface area (Å²) in [4.78, 5) is 12.2. The number of hydrogen-bond donors (Lipinski definition) is 0. The summed E-state index contributed by atoms with van der Waals surface area (Å²) in [6, 6.07) is 12.9. The molecule has 1 nitrogen and oxygen atoms in total. The van der Waals surface area contributed by atoms with Gasteiger partial charge in [-0.05, 0) is 24.1 Å². The van der Waals surface area contributed by atoms with Crippen LogP contribution in [0.1, 0.15) is 21.5 Å². The van der Waals surface area contributed by atoms with Gasteiger partial charge in [-0.2, -0.15) is 0 Å². The normalized spacial score (nSPS) is 10.4. The molecule has 3 heteroatoms. The van der Waals surface area contributed by atoms with Crippen LogP contribution in [-0.2, 0) is 6.42 Å². The van der Waals surface area contributed by atoms with E-state index < -0.39 is 0 Å². The second-order valence-electron chi connectivity index (χ2n) is 4.13. The molecule has 0 aliphatic carbocycles. The number of halogens is 2. The fourth-order valence-electron chi connectivity index (χ4n) is 1.84. The van der Waals surface area contributed by atoms with Gasteiger partial charge in [0.25, 0.3) is 0 Å². The molecule has 0 aromatic heterocycles. The molecular formula is C15H12Cl2O. The van der Waals surface area contributed by atoms with Crippen LogP contribution in [0.25, 0.3) is 0 Å². The van der Waals surface area contributed by atoms with Crippen molar-refractivity contribution in [2.24, 2.45) is 0 Å². The van der Waals surface area contributed by atoms with Crippen LogP contribution in [0.3, 0.4) is 0 Å². The van der Waals surface area contributed by atoms with Crippen molar-refractivity contribution >= 4 is 29.0 Å². The van der Waals surface area contributed by atoms with E-state index >= 15 is 0 Å². The third-order valence-corrected chi connectivity index (χ3v) is 3.69. The van der Waals surface area contributed by atoms with E-state index in [9.17, 15) is 4.79 Å². The van der Waals surface area contributed by atoms with Gasteiger partial charge in [-0.15, -0.1) is 0 Å². The zero-order valence-electron chi connectivity index (χ0n) is 9.91. The lowest BCUT2D eigenvalue weighted by Gasteiger charge is -2.07. The van der Waals surface area contributed by atoms with Gasteiger partial charge in [-0.1, -0.05) is 59.6 Å². The molecule has 0 saturated carbocycles. The summed E-state index contributed by atoms with van der Waals surface area (Å²) in [5, 5.41) is 0.938. The maximum Gasteiger partial charge on any atom is 0.167 e. The molecule has 0 radical (unpaired) electrons. The van der Waals surface area contributed by atoms with Crippen LogP contribution in [0.2, 0.25) is 10.0 Å². The topological polar surface area (TPSA) is 17.1 Å². The van der Waals surface area contributed by atoms with E-state index in [-0.39, 0.29) is 12.2 Å². The highest BCUT2D eigenvalue weighted by Gasteiger charge is 2.12. The Morgan fingerprint density at radius 2 is 1.78 bits per heavy atom. The molecule has 0 unspecified atom stereocenters. The van der Waals surface area contributed by atoms with Crippen LogP contribution in [0.5, 0.6) is 0 Å². The lowest BCUT2D eigenvalue weighted by molar-refractivity contribution is 0.0992. The van der Waals surface area contributed by atoms with Crippen molar-refractivity contribution in [3.8, 4) is 0 Å². The SMILES string of the molecule is Cc1ccccc1C(=O)Cc1cccc(Cl)c1Cl. The minimum Gasteiger partial charge on any atom is -0.294 e. The van der Waals surface area contributed by atoms with Gasteiger partial charge in [0.05, 0.1) is 10.0 Å². The van der Waals surface area contributed by atoms with Crippen molar-refractivity contribution in [2.45, 2.75) is 13.3 Å². The first-order valence-corrected chi connectivity index (χ1v) is 6.37. The molecule has 92 valence electrons. The molecule has 2 rings (SSSR count). The highest BCUT2D eigenvalue weighted by Crippen LogP contribution is 2.26. The number of hydrogen-bond acceptors (Lipinski definition) is 1. The Labute approximate surface area is 116 Å². The highest BCUT2D eigenvalue weighted by molar-refractivity contribution is 6.42. The lowest BCUT2D eigenvalue weighted by Crippen LogP contribution is -2.06. The molecule has 0 saturated heterocycles. The third kappa shape index (κ3) is 2.74. The molecule has 0 fully saturated rings. The largest absolute Gasteiger partial charge is 0.294 e.